The monoisotopic (exact) mass is 154 g/mol. The van der Waals surface area contributed by atoms with Crippen molar-refractivity contribution in [1.82, 2.24) is 0 Å². The Bertz CT molecular complexity index is 92.2. The topological polar surface area (TPSA) is 0 Å². The van der Waals surface area contributed by atoms with E-state index < -0.39 is 0 Å². The summed E-state index contributed by atoms with van der Waals surface area (Å²) < 4.78 is 0. The van der Waals surface area contributed by atoms with E-state index in [1.54, 1.807) is 0 Å². The molecule has 0 aromatic heterocycles. The molecule has 0 amide bonds. The molecule has 11 heavy (non-hydrogen) atoms. The molecule has 0 aliphatic rings. The van der Waals surface area contributed by atoms with Crippen LogP contribution in [-0.4, -0.2) is 0 Å². The number of rotatable bonds is 6. The third-order valence-corrected chi connectivity index (χ3v) is 2.08. The molecule has 1 unspecified atom stereocenters. The molecule has 0 saturated heterocycles. The zero-order valence-electron chi connectivity index (χ0n) is 8.27. The van der Waals surface area contributed by atoms with Crippen LogP contribution in [0.4, 0.5) is 0 Å². The van der Waals surface area contributed by atoms with Gasteiger partial charge in [-0.05, 0) is 18.8 Å². The molecule has 0 spiro atoms. The van der Waals surface area contributed by atoms with Crippen molar-refractivity contribution < 1.29 is 0 Å². The molecule has 0 N–H and O–H groups in total. The van der Waals surface area contributed by atoms with E-state index in [-0.39, 0.29) is 0 Å². The summed E-state index contributed by atoms with van der Waals surface area (Å²) in [5.41, 5.74) is 0. The maximum Gasteiger partial charge on any atom is -0.0265 e. The first-order valence-corrected chi connectivity index (χ1v) is 4.97. The maximum atomic E-state index is 2.34. The highest BCUT2D eigenvalue weighted by molar-refractivity contribution is 4.85. The van der Waals surface area contributed by atoms with Gasteiger partial charge >= 0.3 is 0 Å². The lowest BCUT2D eigenvalue weighted by molar-refractivity contribution is 0.685. The van der Waals surface area contributed by atoms with Gasteiger partial charge < -0.3 is 0 Å². The molecule has 1 atom stereocenters. The molecule has 0 aliphatic heterocycles. The van der Waals surface area contributed by atoms with Gasteiger partial charge in [0, 0.05) is 0 Å². The Morgan fingerprint density at radius 2 is 1.91 bits per heavy atom. The highest BCUT2D eigenvalue weighted by Crippen LogP contribution is 2.05. The molecule has 66 valence electrons. The first-order valence-electron chi connectivity index (χ1n) is 4.97. The summed E-state index contributed by atoms with van der Waals surface area (Å²) in [6.45, 7) is 6.76. The minimum atomic E-state index is 0.775. The van der Waals surface area contributed by atoms with Crippen molar-refractivity contribution in [2.75, 3.05) is 0 Å². The van der Waals surface area contributed by atoms with E-state index in [1.807, 2.05) is 0 Å². The van der Waals surface area contributed by atoms with Crippen LogP contribution < -0.4 is 0 Å². The second kappa shape index (κ2) is 7.84. The predicted octanol–water partition coefficient (Wildman–Crippen LogP) is 4.17. The van der Waals surface area contributed by atoms with E-state index >= 15 is 0 Å². The standard InChI is InChI=1S/C11H22/c1-4-6-7-8-9-10-11(3)5-2/h9-11H,4-8H2,1-3H3/b10-9-. The molecule has 0 aliphatic carbocycles. The van der Waals surface area contributed by atoms with Gasteiger partial charge in [-0.25, -0.2) is 0 Å². The quantitative estimate of drug-likeness (QED) is 0.398. The first kappa shape index (κ1) is 10.7. The van der Waals surface area contributed by atoms with E-state index in [1.165, 1.54) is 32.1 Å². The minimum Gasteiger partial charge on any atom is -0.0883 e. The van der Waals surface area contributed by atoms with Crippen molar-refractivity contribution in [3.05, 3.63) is 12.2 Å². The molecule has 0 heterocycles. The van der Waals surface area contributed by atoms with Crippen molar-refractivity contribution in [2.24, 2.45) is 5.92 Å². The molecule has 0 saturated carbocycles. The Labute approximate surface area is 71.7 Å². The van der Waals surface area contributed by atoms with Crippen LogP contribution in [0.15, 0.2) is 12.2 Å². The zero-order valence-corrected chi connectivity index (χ0v) is 8.27. The van der Waals surface area contributed by atoms with Crippen LogP contribution in [0, 0.1) is 5.92 Å². The van der Waals surface area contributed by atoms with Crippen molar-refractivity contribution in [3.63, 3.8) is 0 Å². The highest BCUT2D eigenvalue weighted by atomic mass is 13.9. The Morgan fingerprint density at radius 3 is 2.45 bits per heavy atom. The van der Waals surface area contributed by atoms with Gasteiger partial charge in [-0.2, -0.15) is 0 Å². The SMILES string of the molecule is CCCCC/C=C\C(C)CC. The zero-order chi connectivity index (χ0) is 8.53. The van der Waals surface area contributed by atoms with Gasteiger partial charge in [0.1, 0.15) is 0 Å². The van der Waals surface area contributed by atoms with Gasteiger partial charge in [-0.1, -0.05) is 52.2 Å². The van der Waals surface area contributed by atoms with Gasteiger partial charge in [0.15, 0.2) is 0 Å². The second-order valence-corrected chi connectivity index (χ2v) is 3.31. The minimum absolute atomic E-state index is 0.775. The third-order valence-electron chi connectivity index (χ3n) is 2.08. The second-order valence-electron chi connectivity index (χ2n) is 3.31. The first-order chi connectivity index (χ1) is 5.31. The molecule has 0 nitrogen and oxygen atoms in total. The lowest BCUT2D eigenvalue weighted by Crippen LogP contribution is -1.83. The summed E-state index contributed by atoms with van der Waals surface area (Å²) in [4.78, 5) is 0. The summed E-state index contributed by atoms with van der Waals surface area (Å²) in [7, 11) is 0. The van der Waals surface area contributed by atoms with Crippen LogP contribution >= 0.6 is 0 Å². The van der Waals surface area contributed by atoms with E-state index in [4.69, 9.17) is 0 Å². The van der Waals surface area contributed by atoms with Crippen molar-refractivity contribution in [3.8, 4) is 0 Å². The fourth-order valence-electron chi connectivity index (χ4n) is 0.977. The van der Waals surface area contributed by atoms with Crippen LogP contribution in [-0.2, 0) is 0 Å². The molecule has 0 radical (unpaired) electrons. The number of allylic oxidation sites excluding steroid dienone is 2. The van der Waals surface area contributed by atoms with E-state index in [2.05, 4.69) is 32.9 Å². The largest absolute Gasteiger partial charge is 0.0883 e. The smallest absolute Gasteiger partial charge is 0.0265 e. The lowest BCUT2D eigenvalue weighted by atomic mass is 10.1. The Hall–Kier alpha value is -0.260. The van der Waals surface area contributed by atoms with E-state index in [9.17, 15) is 0 Å². The van der Waals surface area contributed by atoms with Crippen LogP contribution in [0.2, 0.25) is 0 Å². The third kappa shape index (κ3) is 7.64. The van der Waals surface area contributed by atoms with Gasteiger partial charge in [-0.15, -0.1) is 0 Å². The van der Waals surface area contributed by atoms with Crippen molar-refractivity contribution in [1.29, 1.82) is 0 Å². The van der Waals surface area contributed by atoms with Crippen LogP contribution in [0.5, 0.6) is 0 Å². The van der Waals surface area contributed by atoms with Gasteiger partial charge in [0.25, 0.3) is 0 Å². The average molecular weight is 154 g/mol. The van der Waals surface area contributed by atoms with Crippen molar-refractivity contribution >= 4 is 0 Å². The summed E-state index contributed by atoms with van der Waals surface area (Å²) >= 11 is 0. The van der Waals surface area contributed by atoms with Gasteiger partial charge in [-0.3, -0.25) is 0 Å². The Kier molecular flexibility index (Phi) is 7.66. The summed E-state index contributed by atoms with van der Waals surface area (Å²) in [5, 5.41) is 0. The molecular weight excluding hydrogens is 132 g/mol. The van der Waals surface area contributed by atoms with Crippen LogP contribution in [0.1, 0.15) is 52.9 Å². The van der Waals surface area contributed by atoms with Crippen LogP contribution in [0.25, 0.3) is 0 Å². The van der Waals surface area contributed by atoms with Gasteiger partial charge in [0.05, 0.1) is 0 Å². The fourth-order valence-corrected chi connectivity index (χ4v) is 0.977. The normalized spacial score (nSPS) is 14.1. The number of hydrogen-bond acceptors (Lipinski definition) is 0. The Morgan fingerprint density at radius 1 is 1.18 bits per heavy atom. The molecule has 0 aromatic rings. The fraction of sp³-hybridized carbons (Fsp3) is 0.818. The average Bonchev–Trinajstić information content (AvgIpc) is 2.04. The number of hydrogen-bond donors (Lipinski definition) is 0. The van der Waals surface area contributed by atoms with E-state index in [0.717, 1.165) is 5.92 Å². The van der Waals surface area contributed by atoms with Crippen molar-refractivity contribution in [2.45, 2.75) is 52.9 Å². The summed E-state index contributed by atoms with van der Waals surface area (Å²) in [6, 6.07) is 0. The summed E-state index contributed by atoms with van der Waals surface area (Å²) in [5.74, 6) is 0.775. The predicted molar refractivity (Wildman–Crippen MR) is 52.7 cm³/mol. The molecule has 0 rings (SSSR count). The summed E-state index contributed by atoms with van der Waals surface area (Å²) in [6.07, 6.45) is 11.3. The molecule has 0 fully saturated rings. The van der Waals surface area contributed by atoms with Crippen LogP contribution in [0.3, 0.4) is 0 Å². The molecule has 0 aromatic carbocycles. The lowest BCUT2D eigenvalue weighted by Gasteiger charge is -1.98. The Balaban J connectivity index is 3.15. The van der Waals surface area contributed by atoms with E-state index in [0.29, 0.717) is 0 Å². The van der Waals surface area contributed by atoms with Gasteiger partial charge in [0.2, 0.25) is 0 Å². The molecule has 0 bridgehead atoms. The highest BCUT2D eigenvalue weighted by Gasteiger charge is 1.89. The molecular formula is C11H22. The maximum absolute atomic E-state index is 2.34. The molecule has 0 heteroatoms. The number of unbranched alkanes of at least 4 members (excludes halogenated alkanes) is 3.